The second-order valence-corrected chi connectivity index (χ2v) is 8.86. The van der Waals surface area contributed by atoms with Crippen LogP contribution in [0.2, 0.25) is 0 Å². The van der Waals surface area contributed by atoms with Crippen LogP contribution >= 0.6 is 11.8 Å². The van der Waals surface area contributed by atoms with Gasteiger partial charge >= 0.3 is 6.09 Å². The molecule has 1 aliphatic heterocycles. The van der Waals surface area contributed by atoms with Crippen LogP contribution in [0.25, 0.3) is 0 Å². The predicted octanol–water partition coefficient (Wildman–Crippen LogP) is 5.51. The first-order valence-corrected chi connectivity index (χ1v) is 12.1. The molecule has 6 nitrogen and oxygen atoms in total. The van der Waals surface area contributed by atoms with Gasteiger partial charge in [-0.1, -0.05) is 42.8 Å². The van der Waals surface area contributed by atoms with E-state index in [0.717, 1.165) is 38.6 Å². The lowest BCUT2D eigenvalue weighted by Gasteiger charge is -2.09. The average Bonchev–Trinajstić information content (AvgIpc) is 3.29. The summed E-state index contributed by atoms with van der Waals surface area (Å²) in [6, 6.07) is 21.0. The second kappa shape index (κ2) is 11.4. The molecule has 0 atom stereocenters. The third-order valence-electron chi connectivity index (χ3n) is 5.22. The van der Waals surface area contributed by atoms with E-state index in [1.165, 1.54) is 0 Å². The molecule has 0 saturated heterocycles. The summed E-state index contributed by atoms with van der Waals surface area (Å²) in [5, 5.41) is 5.38. The Morgan fingerprint density at radius 1 is 1.06 bits per heavy atom. The van der Waals surface area contributed by atoms with Gasteiger partial charge in [0.15, 0.2) is 0 Å². The monoisotopic (exact) mass is 483 g/mol. The number of aliphatic imine (C=N–C) groups is 1. The molecule has 1 heterocycles. The Kier molecular flexibility index (Phi) is 7.86. The smallest absolute Gasteiger partial charge is 0.411 e. The molecular formula is C28H25N3O3S. The summed E-state index contributed by atoms with van der Waals surface area (Å²) in [7, 11) is 1.63. The first kappa shape index (κ1) is 24.1. The third-order valence-corrected chi connectivity index (χ3v) is 6.29. The molecule has 0 aromatic heterocycles. The summed E-state index contributed by atoms with van der Waals surface area (Å²) in [6.45, 7) is 2.91. The molecule has 2 amide bonds. The van der Waals surface area contributed by atoms with Gasteiger partial charge in [-0.2, -0.15) is 0 Å². The van der Waals surface area contributed by atoms with Gasteiger partial charge in [-0.25, -0.2) is 4.79 Å². The molecule has 0 spiro atoms. The van der Waals surface area contributed by atoms with Gasteiger partial charge in [-0.3, -0.25) is 15.1 Å². The molecule has 3 aromatic rings. The Morgan fingerprint density at radius 2 is 1.86 bits per heavy atom. The standard InChI is InChI=1S/C28H25N3O3S/c1-3-16-34-28(33)31-21-11-8-19(9-12-21)10-15-25-23-14-13-22(17-20(23)18-30-25)35-26-7-5-4-6-24(26)27(32)29-2/h4-9,11-14,17H,3,16,18H2,1-2H3,(H,29,32)(H,31,33). The van der Waals surface area contributed by atoms with Gasteiger partial charge in [0.2, 0.25) is 0 Å². The molecule has 0 unspecified atom stereocenters. The first-order chi connectivity index (χ1) is 17.1. The fraction of sp³-hybridized carbons (Fsp3) is 0.179. The minimum atomic E-state index is -0.461. The van der Waals surface area contributed by atoms with Crippen LogP contribution in [-0.4, -0.2) is 31.4 Å². The van der Waals surface area contributed by atoms with Crippen molar-refractivity contribution in [3.63, 3.8) is 0 Å². The van der Waals surface area contributed by atoms with Gasteiger partial charge in [-0.15, -0.1) is 0 Å². The quantitative estimate of drug-likeness (QED) is 0.453. The van der Waals surface area contributed by atoms with Crippen LogP contribution in [0, 0.1) is 11.8 Å². The molecule has 35 heavy (non-hydrogen) atoms. The number of benzene rings is 3. The highest BCUT2D eigenvalue weighted by molar-refractivity contribution is 7.99. The number of anilines is 1. The Balaban J connectivity index is 1.43. The highest BCUT2D eigenvalue weighted by Gasteiger charge is 2.16. The van der Waals surface area contributed by atoms with Gasteiger partial charge in [0, 0.05) is 33.7 Å². The van der Waals surface area contributed by atoms with Gasteiger partial charge in [0.1, 0.15) is 5.71 Å². The summed E-state index contributed by atoms with van der Waals surface area (Å²) in [5.74, 6) is 6.22. The summed E-state index contributed by atoms with van der Waals surface area (Å²) in [5.41, 5.74) is 5.03. The van der Waals surface area contributed by atoms with Crippen molar-refractivity contribution < 1.29 is 14.3 Å². The number of rotatable bonds is 6. The number of hydrogen-bond donors (Lipinski definition) is 2. The van der Waals surface area contributed by atoms with Crippen LogP contribution in [0.3, 0.4) is 0 Å². The second-order valence-electron chi connectivity index (χ2n) is 7.75. The van der Waals surface area contributed by atoms with E-state index < -0.39 is 6.09 Å². The van der Waals surface area contributed by atoms with Crippen molar-refractivity contribution in [1.82, 2.24) is 5.32 Å². The zero-order chi connectivity index (χ0) is 24.6. The number of hydrogen-bond acceptors (Lipinski definition) is 5. The topological polar surface area (TPSA) is 79.8 Å². The van der Waals surface area contributed by atoms with Crippen molar-refractivity contribution in [2.45, 2.75) is 29.7 Å². The Hall–Kier alpha value is -4.02. The lowest BCUT2D eigenvalue weighted by molar-refractivity contribution is 0.0960. The van der Waals surface area contributed by atoms with E-state index >= 15 is 0 Å². The normalized spacial score (nSPS) is 11.5. The molecular weight excluding hydrogens is 458 g/mol. The van der Waals surface area contributed by atoms with Crippen LogP contribution in [-0.2, 0) is 11.3 Å². The van der Waals surface area contributed by atoms with Crippen LogP contribution < -0.4 is 10.6 Å². The van der Waals surface area contributed by atoms with E-state index in [1.807, 2.05) is 55.5 Å². The van der Waals surface area contributed by atoms with Gasteiger partial charge in [0.25, 0.3) is 5.91 Å². The maximum atomic E-state index is 12.2. The van der Waals surface area contributed by atoms with E-state index in [-0.39, 0.29) is 5.91 Å². The largest absolute Gasteiger partial charge is 0.449 e. The van der Waals surface area contributed by atoms with Gasteiger partial charge < -0.3 is 10.1 Å². The van der Waals surface area contributed by atoms with Crippen molar-refractivity contribution in [2.75, 3.05) is 19.0 Å². The fourth-order valence-corrected chi connectivity index (χ4v) is 4.48. The minimum absolute atomic E-state index is 0.101. The average molecular weight is 484 g/mol. The predicted molar refractivity (Wildman–Crippen MR) is 139 cm³/mol. The molecule has 0 aliphatic carbocycles. The van der Waals surface area contributed by atoms with E-state index in [1.54, 1.807) is 30.9 Å². The Labute approximate surface area is 209 Å². The molecule has 0 saturated carbocycles. The zero-order valence-corrected chi connectivity index (χ0v) is 20.4. The number of nitrogens with one attached hydrogen (secondary N) is 2. The third kappa shape index (κ3) is 6.11. The number of nitrogens with zero attached hydrogens (tertiary/aromatic N) is 1. The van der Waals surface area contributed by atoms with Crippen LogP contribution in [0.4, 0.5) is 10.5 Å². The highest BCUT2D eigenvalue weighted by atomic mass is 32.2. The lowest BCUT2D eigenvalue weighted by atomic mass is 10.1. The summed E-state index contributed by atoms with van der Waals surface area (Å²) < 4.78 is 5.02. The molecule has 3 aromatic carbocycles. The highest BCUT2D eigenvalue weighted by Crippen LogP contribution is 2.33. The zero-order valence-electron chi connectivity index (χ0n) is 19.6. The molecule has 2 N–H and O–H groups in total. The van der Waals surface area contributed by atoms with E-state index in [9.17, 15) is 9.59 Å². The Bertz CT molecular complexity index is 1340. The number of ether oxygens (including phenoxy) is 1. The number of carbonyl (C=O) groups is 2. The van der Waals surface area contributed by atoms with Gasteiger partial charge in [-0.05, 0) is 66.4 Å². The molecule has 7 heteroatoms. The van der Waals surface area contributed by atoms with Gasteiger partial charge in [0.05, 0.1) is 18.7 Å². The maximum absolute atomic E-state index is 12.2. The maximum Gasteiger partial charge on any atom is 0.411 e. The molecule has 1 aliphatic rings. The summed E-state index contributed by atoms with van der Waals surface area (Å²) in [6.07, 6.45) is 0.318. The molecule has 0 bridgehead atoms. The molecule has 0 radical (unpaired) electrons. The van der Waals surface area contributed by atoms with Crippen LogP contribution in [0.1, 0.15) is 40.4 Å². The number of carbonyl (C=O) groups excluding carboxylic acids is 2. The van der Waals surface area contributed by atoms with Crippen molar-refractivity contribution >= 4 is 35.2 Å². The van der Waals surface area contributed by atoms with Crippen molar-refractivity contribution in [3.05, 3.63) is 89.0 Å². The SMILES string of the molecule is CCCOC(=O)Nc1ccc(C#CC2=NCc3cc(Sc4ccccc4C(=O)NC)ccc32)cc1. The van der Waals surface area contributed by atoms with E-state index in [2.05, 4.69) is 33.5 Å². The minimum Gasteiger partial charge on any atom is -0.449 e. The lowest BCUT2D eigenvalue weighted by Crippen LogP contribution is -2.18. The van der Waals surface area contributed by atoms with Crippen LogP contribution in [0.5, 0.6) is 0 Å². The molecule has 176 valence electrons. The summed E-state index contributed by atoms with van der Waals surface area (Å²) >= 11 is 1.56. The van der Waals surface area contributed by atoms with Crippen molar-refractivity contribution in [2.24, 2.45) is 4.99 Å². The molecule has 4 rings (SSSR count). The number of amides is 2. The van der Waals surface area contributed by atoms with E-state index in [0.29, 0.717) is 24.4 Å². The van der Waals surface area contributed by atoms with E-state index in [4.69, 9.17) is 4.74 Å². The summed E-state index contributed by atoms with van der Waals surface area (Å²) in [4.78, 5) is 30.4. The number of fused-ring (bicyclic) bond motifs is 1. The van der Waals surface area contributed by atoms with Crippen molar-refractivity contribution in [3.8, 4) is 11.8 Å². The molecule has 0 fully saturated rings. The Morgan fingerprint density at radius 3 is 2.63 bits per heavy atom. The van der Waals surface area contributed by atoms with Crippen LogP contribution in [0.15, 0.2) is 81.5 Å². The fourth-order valence-electron chi connectivity index (χ4n) is 3.47. The first-order valence-electron chi connectivity index (χ1n) is 11.3. The van der Waals surface area contributed by atoms with Crippen molar-refractivity contribution in [1.29, 1.82) is 0 Å².